The molecular weight excluding hydrogens is 226 g/mol. The zero-order valence-electron chi connectivity index (χ0n) is 11.2. The second-order valence-electron chi connectivity index (χ2n) is 4.11. The Hall–Kier alpha value is -1.77. The first kappa shape index (κ1) is 14.3. The Bertz CT molecular complexity index is 378. The van der Waals surface area contributed by atoms with Crippen LogP contribution in [0.3, 0.4) is 0 Å². The number of rotatable bonds is 7. The molecule has 0 saturated carbocycles. The molecule has 0 N–H and O–H groups in total. The quantitative estimate of drug-likeness (QED) is 0.420. The second kappa shape index (κ2) is 7.54. The molecule has 3 nitrogen and oxygen atoms in total. The maximum Gasteiger partial charge on any atom is 0.335 e. The van der Waals surface area contributed by atoms with E-state index in [0.29, 0.717) is 5.75 Å². The van der Waals surface area contributed by atoms with Crippen LogP contribution in [0, 0.1) is 0 Å². The molecule has 0 aromatic heterocycles. The van der Waals surface area contributed by atoms with Crippen molar-refractivity contribution in [3.8, 4) is 5.75 Å². The average Bonchev–Trinajstić information content (AvgIpc) is 2.39. The maximum absolute atomic E-state index is 11.1. The largest absolute Gasteiger partial charge is 0.423 e. The molecule has 1 aromatic carbocycles. The maximum atomic E-state index is 11.1. The van der Waals surface area contributed by atoms with Gasteiger partial charge in [0.15, 0.2) is 0 Å². The van der Waals surface area contributed by atoms with Crippen molar-refractivity contribution in [1.29, 1.82) is 0 Å². The first-order valence-electron chi connectivity index (χ1n) is 6.40. The molecular formula is C15H21NO2. The molecule has 98 valence electrons. The number of carbonyl (C=O) groups excluding carboxylic acids is 1. The van der Waals surface area contributed by atoms with Gasteiger partial charge in [-0.15, -0.1) is 0 Å². The van der Waals surface area contributed by atoms with Crippen molar-refractivity contribution < 1.29 is 9.53 Å². The van der Waals surface area contributed by atoms with Gasteiger partial charge < -0.3 is 9.64 Å². The van der Waals surface area contributed by atoms with Gasteiger partial charge in [0.1, 0.15) is 5.75 Å². The summed E-state index contributed by atoms with van der Waals surface area (Å²) in [4.78, 5) is 13.4. The molecule has 3 heteroatoms. The van der Waals surface area contributed by atoms with Gasteiger partial charge in [-0.05, 0) is 37.1 Å². The topological polar surface area (TPSA) is 29.5 Å². The van der Waals surface area contributed by atoms with Crippen molar-refractivity contribution in [3.63, 3.8) is 0 Å². The van der Waals surface area contributed by atoms with Gasteiger partial charge in [-0.2, -0.15) is 0 Å². The zero-order valence-corrected chi connectivity index (χ0v) is 11.2. The predicted octanol–water partition coefficient (Wildman–Crippen LogP) is 3.40. The van der Waals surface area contributed by atoms with E-state index < -0.39 is 5.97 Å². The molecule has 1 aromatic rings. The molecule has 0 atom stereocenters. The van der Waals surface area contributed by atoms with Crippen LogP contribution >= 0.6 is 0 Å². The van der Waals surface area contributed by atoms with Crippen LogP contribution in [0.25, 0.3) is 0 Å². The summed E-state index contributed by atoms with van der Waals surface area (Å²) in [5.41, 5.74) is 1.16. The van der Waals surface area contributed by atoms with Gasteiger partial charge in [-0.1, -0.05) is 20.4 Å². The van der Waals surface area contributed by atoms with Gasteiger partial charge in [0, 0.05) is 24.9 Å². The van der Waals surface area contributed by atoms with Crippen molar-refractivity contribution in [2.75, 3.05) is 18.0 Å². The van der Waals surface area contributed by atoms with Gasteiger partial charge >= 0.3 is 5.97 Å². The summed E-state index contributed by atoms with van der Waals surface area (Å²) in [6.07, 6.45) is 3.40. The fourth-order valence-corrected chi connectivity index (χ4v) is 1.79. The molecule has 0 spiro atoms. The first-order chi connectivity index (χ1) is 8.71. The number of nitrogens with zero attached hydrogens (tertiary/aromatic N) is 1. The van der Waals surface area contributed by atoms with Crippen LogP contribution in [0.2, 0.25) is 0 Å². The normalized spacial score (nSPS) is 9.89. The standard InChI is InChI=1S/C15H21NO2/c1-4-11-16(12-5-2)13-7-9-14(10-8-13)18-15(17)6-3/h6-10H,3-5,11-12H2,1-2H3. The van der Waals surface area contributed by atoms with Gasteiger partial charge in [0.2, 0.25) is 0 Å². The number of anilines is 1. The fourth-order valence-electron chi connectivity index (χ4n) is 1.79. The molecule has 1 rings (SSSR count). The molecule has 0 fully saturated rings. The van der Waals surface area contributed by atoms with Crippen molar-refractivity contribution in [1.82, 2.24) is 0 Å². The monoisotopic (exact) mass is 247 g/mol. The number of benzene rings is 1. The highest BCUT2D eigenvalue weighted by atomic mass is 16.5. The molecule has 0 heterocycles. The van der Waals surface area contributed by atoms with Crippen LogP contribution in [-0.2, 0) is 4.79 Å². The second-order valence-corrected chi connectivity index (χ2v) is 4.11. The first-order valence-corrected chi connectivity index (χ1v) is 6.40. The van der Waals surface area contributed by atoms with Crippen LogP contribution in [0.4, 0.5) is 5.69 Å². The SMILES string of the molecule is C=CC(=O)Oc1ccc(N(CCC)CCC)cc1. The molecule has 0 aliphatic rings. The highest BCUT2D eigenvalue weighted by Crippen LogP contribution is 2.20. The van der Waals surface area contributed by atoms with Crippen molar-refractivity contribution >= 4 is 11.7 Å². The third-order valence-corrected chi connectivity index (χ3v) is 2.57. The lowest BCUT2D eigenvalue weighted by atomic mass is 10.2. The molecule has 0 aliphatic heterocycles. The summed E-state index contributed by atoms with van der Waals surface area (Å²) in [6, 6.07) is 7.60. The van der Waals surface area contributed by atoms with Crippen LogP contribution in [0.1, 0.15) is 26.7 Å². The van der Waals surface area contributed by atoms with Crippen molar-refractivity contribution in [2.45, 2.75) is 26.7 Å². The van der Waals surface area contributed by atoms with E-state index in [0.717, 1.165) is 37.7 Å². The van der Waals surface area contributed by atoms with Gasteiger partial charge in [-0.3, -0.25) is 0 Å². The van der Waals surface area contributed by atoms with E-state index in [2.05, 4.69) is 25.3 Å². The lowest BCUT2D eigenvalue weighted by Crippen LogP contribution is -2.24. The van der Waals surface area contributed by atoms with Crippen LogP contribution in [0.5, 0.6) is 5.75 Å². The molecule has 0 amide bonds. The van der Waals surface area contributed by atoms with Crippen LogP contribution in [-0.4, -0.2) is 19.1 Å². The van der Waals surface area contributed by atoms with E-state index in [1.54, 1.807) is 0 Å². The Morgan fingerprint density at radius 1 is 1.22 bits per heavy atom. The fraction of sp³-hybridized carbons (Fsp3) is 0.400. The molecule has 0 aliphatic carbocycles. The van der Waals surface area contributed by atoms with E-state index in [9.17, 15) is 4.79 Å². The summed E-state index contributed by atoms with van der Waals surface area (Å²) in [6.45, 7) is 9.79. The number of hydrogen-bond acceptors (Lipinski definition) is 3. The van der Waals surface area contributed by atoms with E-state index in [-0.39, 0.29) is 0 Å². The minimum absolute atomic E-state index is 0.429. The Kier molecular flexibility index (Phi) is 5.98. The molecule has 18 heavy (non-hydrogen) atoms. The Labute approximate surface area is 109 Å². The van der Waals surface area contributed by atoms with Crippen molar-refractivity contribution in [3.05, 3.63) is 36.9 Å². The summed E-state index contributed by atoms with van der Waals surface area (Å²) in [5.74, 6) is 0.123. The Morgan fingerprint density at radius 3 is 2.22 bits per heavy atom. The zero-order chi connectivity index (χ0) is 13.4. The number of esters is 1. The van der Waals surface area contributed by atoms with E-state index in [4.69, 9.17) is 4.74 Å². The molecule has 0 radical (unpaired) electrons. The summed E-state index contributed by atoms with van der Waals surface area (Å²) in [5, 5.41) is 0. The Balaban J connectivity index is 2.73. The molecule has 0 saturated heterocycles. The minimum Gasteiger partial charge on any atom is -0.423 e. The lowest BCUT2D eigenvalue weighted by molar-refractivity contribution is -0.128. The van der Waals surface area contributed by atoms with Crippen molar-refractivity contribution in [2.24, 2.45) is 0 Å². The lowest BCUT2D eigenvalue weighted by Gasteiger charge is -2.23. The predicted molar refractivity (Wildman–Crippen MR) is 75.1 cm³/mol. The highest BCUT2D eigenvalue weighted by molar-refractivity contribution is 5.83. The van der Waals surface area contributed by atoms with Gasteiger partial charge in [0.05, 0.1) is 0 Å². The number of ether oxygens (including phenoxy) is 1. The third-order valence-electron chi connectivity index (χ3n) is 2.57. The number of carbonyl (C=O) groups is 1. The summed E-state index contributed by atoms with van der Waals surface area (Å²) in [7, 11) is 0. The van der Waals surface area contributed by atoms with Crippen LogP contribution in [0.15, 0.2) is 36.9 Å². The van der Waals surface area contributed by atoms with E-state index >= 15 is 0 Å². The third kappa shape index (κ3) is 4.24. The van der Waals surface area contributed by atoms with E-state index in [1.807, 2.05) is 24.3 Å². The highest BCUT2D eigenvalue weighted by Gasteiger charge is 2.05. The molecule has 0 unspecified atom stereocenters. The molecule has 0 bridgehead atoms. The van der Waals surface area contributed by atoms with E-state index in [1.165, 1.54) is 0 Å². The van der Waals surface area contributed by atoms with Crippen LogP contribution < -0.4 is 9.64 Å². The smallest absolute Gasteiger partial charge is 0.335 e. The minimum atomic E-state index is -0.429. The summed E-state index contributed by atoms with van der Waals surface area (Å²) >= 11 is 0. The van der Waals surface area contributed by atoms with Gasteiger partial charge in [0.25, 0.3) is 0 Å². The number of hydrogen-bond donors (Lipinski definition) is 0. The Morgan fingerprint density at radius 2 is 1.78 bits per heavy atom. The summed E-state index contributed by atoms with van der Waals surface area (Å²) < 4.78 is 5.04. The average molecular weight is 247 g/mol. The van der Waals surface area contributed by atoms with Gasteiger partial charge in [-0.25, -0.2) is 4.79 Å².